The average molecular weight is 502 g/mol. The molecule has 1 aromatic carbocycles. The lowest BCUT2D eigenvalue weighted by Crippen LogP contribution is -2.46. The molecule has 0 radical (unpaired) electrons. The summed E-state index contributed by atoms with van der Waals surface area (Å²) in [6, 6.07) is 8.65. The van der Waals surface area contributed by atoms with Gasteiger partial charge in [0.2, 0.25) is 5.91 Å². The van der Waals surface area contributed by atoms with E-state index >= 15 is 0 Å². The normalized spacial score (nSPS) is 18.1. The van der Waals surface area contributed by atoms with Gasteiger partial charge in [0.15, 0.2) is 0 Å². The molecule has 4 rings (SSSR count). The molecule has 10 heteroatoms. The van der Waals surface area contributed by atoms with Crippen LogP contribution in [0.1, 0.15) is 42.5 Å². The fourth-order valence-corrected chi connectivity index (χ4v) is 4.99. The minimum absolute atomic E-state index is 0.290. The number of pyridine rings is 1. The highest BCUT2D eigenvalue weighted by molar-refractivity contribution is 7.97. The fraction of sp³-hybridized carbons (Fsp3) is 0.480. The number of benzene rings is 1. The number of piperidine rings is 1. The van der Waals surface area contributed by atoms with Gasteiger partial charge in [-0.1, -0.05) is 0 Å². The number of nitrogens with zero attached hydrogens (tertiary/aromatic N) is 1. The Kier molecular flexibility index (Phi) is 9.47. The van der Waals surface area contributed by atoms with Crippen LogP contribution < -0.4 is 20.7 Å². The second-order valence-corrected chi connectivity index (χ2v) is 9.80. The third-order valence-electron chi connectivity index (χ3n) is 6.31. The van der Waals surface area contributed by atoms with Crippen molar-refractivity contribution in [3.05, 3.63) is 54.0 Å². The summed E-state index contributed by atoms with van der Waals surface area (Å²) in [4.78, 5) is 30.4. The summed E-state index contributed by atoms with van der Waals surface area (Å²) in [5.41, 5.74) is 0.881. The van der Waals surface area contributed by atoms with Crippen molar-refractivity contribution in [1.82, 2.24) is 20.3 Å². The number of halogens is 1. The zero-order valence-corrected chi connectivity index (χ0v) is 20.4. The second kappa shape index (κ2) is 13.0. The van der Waals surface area contributed by atoms with Crippen molar-refractivity contribution in [1.29, 1.82) is 0 Å². The Balaban J connectivity index is 1.36. The molecular weight excluding hydrogens is 469 g/mol. The Labute approximate surface area is 209 Å². The molecule has 0 aliphatic carbocycles. The SMILES string of the molecule is O=C(NC(CC1CCNCC1)C(=O)Nc1ccc(SNC2CCOCC2)nc1)c1ccc(F)cc1. The molecule has 8 nitrogen and oxygen atoms in total. The maximum absolute atomic E-state index is 13.2. The molecule has 35 heavy (non-hydrogen) atoms. The van der Waals surface area contributed by atoms with Crippen molar-refractivity contribution in [3.63, 3.8) is 0 Å². The van der Waals surface area contributed by atoms with Gasteiger partial charge in [0.05, 0.1) is 11.9 Å². The van der Waals surface area contributed by atoms with Gasteiger partial charge < -0.3 is 20.7 Å². The molecule has 4 N–H and O–H groups in total. The Bertz CT molecular complexity index is 964. The smallest absolute Gasteiger partial charge is 0.251 e. The van der Waals surface area contributed by atoms with Crippen molar-refractivity contribution in [2.24, 2.45) is 5.92 Å². The molecule has 1 aromatic heterocycles. The number of amides is 2. The number of rotatable bonds is 9. The van der Waals surface area contributed by atoms with E-state index in [2.05, 4.69) is 25.7 Å². The van der Waals surface area contributed by atoms with E-state index in [1.54, 1.807) is 6.20 Å². The zero-order chi connectivity index (χ0) is 24.5. The van der Waals surface area contributed by atoms with Gasteiger partial charge in [-0.05, 0) is 99.5 Å². The van der Waals surface area contributed by atoms with Crippen molar-refractivity contribution in [2.75, 3.05) is 31.6 Å². The van der Waals surface area contributed by atoms with E-state index in [1.807, 2.05) is 12.1 Å². The second-order valence-electron chi connectivity index (χ2n) is 8.94. The van der Waals surface area contributed by atoms with Crippen molar-refractivity contribution in [3.8, 4) is 0 Å². The Morgan fingerprint density at radius 1 is 1.09 bits per heavy atom. The predicted octanol–water partition coefficient (Wildman–Crippen LogP) is 3.12. The van der Waals surface area contributed by atoms with Crippen LogP contribution in [-0.2, 0) is 9.53 Å². The molecule has 0 spiro atoms. The van der Waals surface area contributed by atoms with Crippen LogP contribution in [0.4, 0.5) is 10.1 Å². The first kappa shape index (κ1) is 25.6. The standard InChI is InChI=1S/C25H32FN5O3S/c26-19-3-1-18(2-4-19)24(32)30-22(15-17-7-11-27-12-8-17)25(33)29-21-5-6-23(28-16-21)35-31-20-9-13-34-14-10-20/h1-6,16-17,20,22,27,31H,7-15H2,(H,29,33)(H,30,32). The number of ether oxygens (including phenoxy) is 1. The van der Waals surface area contributed by atoms with E-state index in [4.69, 9.17) is 4.74 Å². The number of hydrogen-bond donors (Lipinski definition) is 4. The van der Waals surface area contributed by atoms with Crippen molar-refractivity contribution in [2.45, 2.75) is 49.2 Å². The highest BCUT2D eigenvalue weighted by Crippen LogP contribution is 2.21. The van der Waals surface area contributed by atoms with E-state index in [9.17, 15) is 14.0 Å². The Morgan fingerprint density at radius 3 is 2.51 bits per heavy atom. The maximum atomic E-state index is 13.2. The number of anilines is 1. The summed E-state index contributed by atoms with van der Waals surface area (Å²) in [6.45, 7) is 3.34. The molecule has 2 fully saturated rings. The van der Waals surface area contributed by atoms with E-state index in [-0.39, 0.29) is 5.91 Å². The summed E-state index contributed by atoms with van der Waals surface area (Å²) < 4.78 is 22.0. The van der Waals surface area contributed by atoms with Crippen LogP contribution in [0, 0.1) is 11.7 Å². The minimum Gasteiger partial charge on any atom is -0.381 e. The van der Waals surface area contributed by atoms with Gasteiger partial charge in [0.25, 0.3) is 5.91 Å². The van der Waals surface area contributed by atoms with Gasteiger partial charge in [-0.3, -0.25) is 14.3 Å². The molecular formula is C25H32FN5O3S. The molecule has 2 aromatic rings. The molecule has 2 amide bonds. The summed E-state index contributed by atoms with van der Waals surface area (Å²) in [5.74, 6) is -0.777. The third kappa shape index (κ3) is 7.99. The quantitative estimate of drug-likeness (QED) is 0.392. The molecule has 188 valence electrons. The minimum atomic E-state index is -0.708. The van der Waals surface area contributed by atoms with Gasteiger partial charge in [-0.25, -0.2) is 9.37 Å². The lowest BCUT2D eigenvalue weighted by atomic mass is 9.90. The van der Waals surface area contributed by atoms with Gasteiger partial charge in [0.1, 0.15) is 16.9 Å². The van der Waals surface area contributed by atoms with Gasteiger partial charge >= 0.3 is 0 Å². The maximum Gasteiger partial charge on any atom is 0.251 e. The lowest BCUT2D eigenvalue weighted by molar-refractivity contribution is -0.118. The van der Waals surface area contributed by atoms with Crippen LogP contribution in [0.3, 0.4) is 0 Å². The predicted molar refractivity (Wildman–Crippen MR) is 134 cm³/mol. The average Bonchev–Trinajstić information content (AvgIpc) is 2.89. The Hall–Kier alpha value is -2.53. The summed E-state index contributed by atoms with van der Waals surface area (Å²) in [7, 11) is 0. The van der Waals surface area contributed by atoms with Crippen LogP contribution in [0.15, 0.2) is 47.6 Å². The molecule has 2 aliphatic heterocycles. The van der Waals surface area contributed by atoms with E-state index in [0.29, 0.717) is 29.6 Å². The first-order valence-electron chi connectivity index (χ1n) is 12.1. The molecule has 3 heterocycles. The molecule has 0 bridgehead atoms. The summed E-state index contributed by atoms with van der Waals surface area (Å²) in [6.07, 6.45) is 6.01. The molecule has 2 saturated heterocycles. The molecule has 2 aliphatic rings. The van der Waals surface area contributed by atoms with Crippen LogP contribution >= 0.6 is 11.9 Å². The van der Waals surface area contributed by atoms with Gasteiger partial charge in [0, 0.05) is 24.8 Å². The van der Waals surface area contributed by atoms with Crippen molar-refractivity contribution < 1.29 is 18.7 Å². The van der Waals surface area contributed by atoms with Crippen molar-refractivity contribution >= 4 is 29.4 Å². The number of carbonyl (C=O) groups is 2. The summed E-state index contributed by atoms with van der Waals surface area (Å²) in [5, 5.41) is 9.87. The van der Waals surface area contributed by atoms with Crippen LogP contribution in [0.5, 0.6) is 0 Å². The van der Waals surface area contributed by atoms with E-state index < -0.39 is 17.8 Å². The van der Waals surface area contributed by atoms with Gasteiger partial charge in [-0.2, -0.15) is 0 Å². The zero-order valence-electron chi connectivity index (χ0n) is 19.6. The number of nitrogens with one attached hydrogen (secondary N) is 4. The van der Waals surface area contributed by atoms with E-state index in [0.717, 1.165) is 57.0 Å². The van der Waals surface area contributed by atoms with E-state index in [1.165, 1.54) is 36.2 Å². The fourth-order valence-electron chi connectivity index (χ4n) is 4.23. The number of aromatic nitrogens is 1. The molecule has 1 atom stereocenters. The first-order chi connectivity index (χ1) is 17.1. The number of hydrogen-bond acceptors (Lipinski definition) is 7. The molecule has 0 saturated carbocycles. The summed E-state index contributed by atoms with van der Waals surface area (Å²) >= 11 is 1.47. The van der Waals surface area contributed by atoms with Crippen LogP contribution in [-0.4, -0.2) is 55.2 Å². The van der Waals surface area contributed by atoms with Crippen LogP contribution in [0.25, 0.3) is 0 Å². The number of carbonyl (C=O) groups excluding carboxylic acids is 2. The Morgan fingerprint density at radius 2 is 1.83 bits per heavy atom. The monoisotopic (exact) mass is 501 g/mol. The van der Waals surface area contributed by atoms with Crippen LogP contribution in [0.2, 0.25) is 0 Å². The third-order valence-corrected chi connectivity index (χ3v) is 7.21. The topological polar surface area (TPSA) is 104 Å². The highest BCUT2D eigenvalue weighted by atomic mass is 32.2. The lowest BCUT2D eigenvalue weighted by Gasteiger charge is -2.27. The van der Waals surface area contributed by atoms with Gasteiger partial charge in [-0.15, -0.1) is 0 Å². The largest absolute Gasteiger partial charge is 0.381 e. The molecule has 1 unspecified atom stereocenters. The first-order valence-corrected chi connectivity index (χ1v) is 12.9. The highest BCUT2D eigenvalue weighted by Gasteiger charge is 2.26.